The van der Waals surface area contributed by atoms with Crippen molar-refractivity contribution < 1.29 is 9.18 Å². The van der Waals surface area contributed by atoms with Crippen LogP contribution in [-0.2, 0) is 6.42 Å². The molecule has 110 valence electrons. The van der Waals surface area contributed by atoms with Crippen molar-refractivity contribution in [3.63, 3.8) is 0 Å². The van der Waals surface area contributed by atoms with Gasteiger partial charge >= 0.3 is 6.03 Å². The number of hydrogen-bond acceptors (Lipinski definition) is 2. The van der Waals surface area contributed by atoms with Crippen LogP contribution >= 0.6 is 0 Å². The molecule has 0 bridgehead atoms. The number of carbonyl (C=O) groups excluding carboxylic acids is 1. The standard InChI is InChI=1S/C16H18FN3O/c17-13-6-8-14(9-7-13)19-16(21)20-15(11-18)10-12-4-2-1-3-5-12/h1-9,15H,10-11,18H2,(H2,19,20,21). The number of carbonyl (C=O) groups is 1. The van der Waals surface area contributed by atoms with Gasteiger partial charge in [-0.3, -0.25) is 0 Å². The molecule has 4 nitrogen and oxygen atoms in total. The van der Waals surface area contributed by atoms with E-state index in [2.05, 4.69) is 10.6 Å². The third-order valence-electron chi connectivity index (χ3n) is 3.05. The van der Waals surface area contributed by atoms with Crippen molar-refractivity contribution in [2.24, 2.45) is 5.73 Å². The average molecular weight is 287 g/mol. The first-order valence-corrected chi connectivity index (χ1v) is 6.74. The summed E-state index contributed by atoms with van der Waals surface area (Å²) in [5.41, 5.74) is 7.33. The third-order valence-corrected chi connectivity index (χ3v) is 3.05. The van der Waals surface area contributed by atoms with E-state index in [1.165, 1.54) is 24.3 Å². The van der Waals surface area contributed by atoms with Crippen LogP contribution in [0, 0.1) is 5.82 Å². The number of benzene rings is 2. The molecule has 21 heavy (non-hydrogen) atoms. The minimum atomic E-state index is -0.354. The van der Waals surface area contributed by atoms with Gasteiger partial charge in [-0.2, -0.15) is 0 Å². The van der Waals surface area contributed by atoms with Crippen LogP contribution in [-0.4, -0.2) is 18.6 Å². The maximum Gasteiger partial charge on any atom is 0.319 e. The molecule has 4 N–H and O–H groups in total. The van der Waals surface area contributed by atoms with E-state index in [1.54, 1.807) is 0 Å². The zero-order chi connectivity index (χ0) is 15.1. The van der Waals surface area contributed by atoms with E-state index in [-0.39, 0.29) is 17.9 Å². The first-order valence-electron chi connectivity index (χ1n) is 6.74. The second-order valence-electron chi connectivity index (χ2n) is 4.73. The van der Waals surface area contributed by atoms with Gasteiger partial charge in [-0.05, 0) is 36.2 Å². The molecule has 1 atom stereocenters. The molecule has 2 amide bonds. The fourth-order valence-electron chi connectivity index (χ4n) is 1.98. The second kappa shape index (κ2) is 7.40. The van der Waals surface area contributed by atoms with Gasteiger partial charge in [-0.1, -0.05) is 30.3 Å². The van der Waals surface area contributed by atoms with Crippen LogP contribution in [0.5, 0.6) is 0 Å². The number of nitrogens with one attached hydrogen (secondary N) is 2. The Hall–Kier alpha value is -2.40. The minimum absolute atomic E-state index is 0.159. The van der Waals surface area contributed by atoms with Crippen LogP contribution in [0.25, 0.3) is 0 Å². The molecular formula is C16H18FN3O. The summed E-state index contributed by atoms with van der Waals surface area (Å²) < 4.78 is 12.8. The summed E-state index contributed by atoms with van der Waals surface area (Å²) in [6.07, 6.45) is 0.661. The van der Waals surface area contributed by atoms with Gasteiger partial charge in [-0.25, -0.2) is 9.18 Å². The molecule has 0 aliphatic rings. The minimum Gasteiger partial charge on any atom is -0.334 e. The van der Waals surface area contributed by atoms with Crippen molar-refractivity contribution >= 4 is 11.7 Å². The first kappa shape index (κ1) is 15.0. The number of hydrogen-bond donors (Lipinski definition) is 3. The van der Waals surface area contributed by atoms with Crippen LogP contribution in [0.1, 0.15) is 5.56 Å². The van der Waals surface area contributed by atoms with Crippen molar-refractivity contribution in [2.75, 3.05) is 11.9 Å². The third kappa shape index (κ3) is 4.89. The van der Waals surface area contributed by atoms with Crippen LogP contribution in [0.15, 0.2) is 54.6 Å². The van der Waals surface area contributed by atoms with Gasteiger partial charge < -0.3 is 16.4 Å². The Balaban J connectivity index is 1.89. The summed E-state index contributed by atoms with van der Waals surface area (Å²) in [6, 6.07) is 14.9. The summed E-state index contributed by atoms with van der Waals surface area (Å²) in [5.74, 6) is -0.343. The Labute approximate surface area is 123 Å². The number of anilines is 1. The van der Waals surface area contributed by atoms with Gasteiger partial charge in [0.1, 0.15) is 5.82 Å². The Morgan fingerprint density at radius 3 is 2.38 bits per heavy atom. The lowest BCUT2D eigenvalue weighted by atomic mass is 10.1. The Bertz CT molecular complexity index is 572. The van der Waals surface area contributed by atoms with E-state index in [9.17, 15) is 9.18 Å². The molecule has 0 aromatic heterocycles. The molecule has 0 heterocycles. The molecule has 0 saturated carbocycles. The maximum absolute atomic E-state index is 12.8. The normalized spacial score (nSPS) is 11.7. The monoisotopic (exact) mass is 287 g/mol. The van der Waals surface area contributed by atoms with E-state index < -0.39 is 0 Å². The molecule has 0 aliphatic carbocycles. The molecule has 0 aliphatic heterocycles. The average Bonchev–Trinajstić information content (AvgIpc) is 2.50. The number of rotatable bonds is 5. The molecule has 0 spiro atoms. The van der Waals surface area contributed by atoms with Crippen LogP contribution < -0.4 is 16.4 Å². The first-order chi connectivity index (χ1) is 10.2. The highest BCUT2D eigenvalue weighted by molar-refractivity contribution is 5.89. The fraction of sp³-hybridized carbons (Fsp3) is 0.188. The van der Waals surface area contributed by atoms with Gasteiger partial charge in [0.05, 0.1) is 0 Å². The highest BCUT2D eigenvalue weighted by Crippen LogP contribution is 2.08. The number of urea groups is 1. The van der Waals surface area contributed by atoms with Crippen molar-refractivity contribution in [3.05, 3.63) is 66.0 Å². The molecule has 2 aromatic rings. The molecular weight excluding hydrogens is 269 g/mol. The van der Waals surface area contributed by atoms with E-state index in [0.717, 1.165) is 5.56 Å². The summed E-state index contributed by atoms with van der Waals surface area (Å²) >= 11 is 0. The van der Waals surface area contributed by atoms with E-state index in [0.29, 0.717) is 18.7 Å². The summed E-state index contributed by atoms with van der Waals surface area (Å²) in [6.45, 7) is 0.339. The highest BCUT2D eigenvalue weighted by atomic mass is 19.1. The van der Waals surface area contributed by atoms with Crippen LogP contribution in [0.3, 0.4) is 0 Å². The van der Waals surface area contributed by atoms with Crippen molar-refractivity contribution in [1.29, 1.82) is 0 Å². The van der Waals surface area contributed by atoms with Gasteiger partial charge in [0.25, 0.3) is 0 Å². The lowest BCUT2D eigenvalue weighted by molar-refractivity contribution is 0.248. The molecule has 1 unspecified atom stereocenters. The number of nitrogens with two attached hydrogens (primary N) is 1. The van der Waals surface area contributed by atoms with Crippen LogP contribution in [0.4, 0.5) is 14.9 Å². The molecule has 2 rings (SSSR count). The largest absolute Gasteiger partial charge is 0.334 e. The molecule has 0 fully saturated rings. The second-order valence-corrected chi connectivity index (χ2v) is 4.73. The Morgan fingerprint density at radius 2 is 1.76 bits per heavy atom. The van der Waals surface area contributed by atoms with E-state index in [4.69, 9.17) is 5.73 Å². The summed E-state index contributed by atoms with van der Waals surface area (Å²) in [7, 11) is 0. The summed E-state index contributed by atoms with van der Waals surface area (Å²) in [5, 5.41) is 5.46. The Kier molecular flexibility index (Phi) is 5.29. The van der Waals surface area contributed by atoms with Gasteiger partial charge in [0, 0.05) is 18.3 Å². The van der Waals surface area contributed by atoms with Crippen molar-refractivity contribution in [1.82, 2.24) is 5.32 Å². The van der Waals surface area contributed by atoms with Gasteiger partial charge in [-0.15, -0.1) is 0 Å². The predicted octanol–water partition coefficient (Wildman–Crippen LogP) is 2.52. The van der Waals surface area contributed by atoms with E-state index >= 15 is 0 Å². The maximum atomic E-state index is 12.8. The predicted molar refractivity (Wildman–Crippen MR) is 81.5 cm³/mol. The molecule has 5 heteroatoms. The van der Waals surface area contributed by atoms with Crippen molar-refractivity contribution in [2.45, 2.75) is 12.5 Å². The van der Waals surface area contributed by atoms with Crippen LogP contribution in [0.2, 0.25) is 0 Å². The topological polar surface area (TPSA) is 67.1 Å². The summed E-state index contributed by atoms with van der Waals surface area (Å²) in [4.78, 5) is 11.9. The molecule has 2 aromatic carbocycles. The molecule has 0 radical (unpaired) electrons. The van der Waals surface area contributed by atoms with Gasteiger partial charge in [0.2, 0.25) is 0 Å². The number of halogens is 1. The lowest BCUT2D eigenvalue weighted by Crippen LogP contribution is -2.43. The molecule has 0 saturated heterocycles. The SMILES string of the molecule is NCC(Cc1ccccc1)NC(=O)Nc1ccc(F)cc1. The smallest absolute Gasteiger partial charge is 0.319 e. The Morgan fingerprint density at radius 1 is 1.10 bits per heavy atom. The van der Waals surface area contributed by atoms with E-state index in [1.807, 2.05) is 30.3 Å². The number of amides is 2. The lowest BCUT2D eigenvalue weighted by Gasteiger charge is -2.17. The quantitative estimate of drug-likeness (QED) is 0.791. The van der Waals surface area contributed by atoms with Crippen molar-refractivity contribution in [3.8, 4) is 0 Å². The highest BCUT2D eigenvalue weighted by Gasteiger charge is 2.11. The van der Waals surface area contributed by atoms with Gasteiger partial charge in [0.15, 0.2) is 0 Å². The zero-order valence-electron chi connectivity index (χ0n) is 11.6. The zero-order valence-corrected chi connectivity index (χ0v) is 11.6. The fourth-order valence-corrected chi connectivity index (χ4v) is 1.98.